The number of hydrogen-bond acceptors (Lipinski definition) is 8. The van der Waals surface area contributed by atoms with E-state index in [1.807, 2.05) is 26.8 Å². The first-order valence-corrected chi connectivity index (χ1v) is 11.5. The molecule has 2 unspecified atom stereocenters. The fraction of sp³-hybridized carbons (Fsp3) is 0.286. The molecule has 1 aliphatic rings. The summed E-state index contributed by atoms with van der Waals surface area (Å²) in [6, 6.07) is 11.1. The highest BCUT2D eigenvalue weighted by Gasteiger charge is 2.37. The van der Waals surface area contributed by atoms with Crippen LogP contribution in [-0.2, 0) is 9.53 Å². The summed E-state index contributed by atoms with van der Waals surface area (Å²) in [5.41, 5.74) is 1.43. The normalized spacial score (nSPS) is 16.4. The lowest BCUT2D eigenvalue weighted by Crippen LogP contribution is -2.31. The molecule has 0 aliphatic heterocycles. The maximum Gasteiger partial charge on any atom is 0.359 e. The van der Waals surface area contributed by atoms with E-state index in [2.05, 4.69) is 4.98 Å². The van der Waals surface area contributed by atoms with E-state index in [0.717, 1.165) is 11.1 Å². The number of ketones is 1. The summed E-state index contributed by atoms with van der Waals surface area (Å²) in [4.78, 5) is 44.6. The molecule has 1 aromatic heterocycles. The highest BCUT2D eigenvalue weighted by molar-refractivity contribution is 6.13. The molecule has 8 heteroatoms. The van der Waals surface area contributed by atoms with Gasteiger partial charge in [-0.25, -0.2) is 9.78 Å². The van der Waals surface area contributed by atoms with Gasteiger partial charge in [0, 0.05) is 11.5 Å². The smallest absolute Gasteiger partial charge is 0.359 e. The lowest BCUT2D eigenvalue weighted by atomic mass is 9.90. The molecule has 0 saturated heterocycles. The Bertz CT molecular complexity index is 1460. The summed E-state index contributed by atoms with van der Waals surface area (Å²) in [6.45, 7) is 5.79. The van der Waals surface area contributed by atoms with Crippen LogP contribution < -0.4 is 15.1 Å². The molecule has 0 spiro atoms. The Balaban J connectivity index is 1.83. The number of rotatable bonds is 7. The lowest BCUT2D eigenvalue weighted by Gasteiger charge is -2.24. The van der Waals surface area contributed by atoms with Gasteiger partial charge in [-0.15, -0.1) is 0 Å². The van der Waals surface area contributed by atoms with E-state index in [4.69, 9.17) is 18.6 Å². The molecule has 2 aromatic carbocycles. The number of methoxy groups -OCH3 is 2. The molecule has 36 heavy (non-hydrogen) atoms. The average molecular weight is 490 g/mol. The van der Waals surface area contributed by atoms with Crippen LogP contribution in [0.15, 0.2) is 74.7 Å². The van der Waals surface area contributed by atoms with Crippen molar-refractivity contribution in [1.82, 2.24) is 4.98 Å². The topological polar surface area (TPSA) is 105 Å². The highest BCUT2D eigenvalue weighted by atomic mass is 16.5. The van der Waals surface area contributed by atoms with Gasteiger partial charge in [-0.05, 0) is 56.2 Å². The van der Waals surface area contributed by atoms with E-state index >= 15 is 0 Å². The zero-order valence-corrected chi connectivity index (χ0v) is 20.8. The maximum atomic E-state index is 13.8. The standard InChI is InChI=1S/C28H27NO7/c1-15-12-16(2)26(17(3)13-15)36-27(31)23(24-28(32)35-20-9-7-6-8-19(20)29-24)25(30)18-10-11-21(33-4)22(14-18)34-5/h6-12,14,17,23H,13H2,1-5H3. The Morgan fingerprint density at radius 2 is 1.78 bits per heavy atom. The van der Waals surface area contributed by atoms with Gasteiger partial charge in [0.05, 0.1) is 14.2 Å². The van der Waals surface area contributed by atoms with Crippen molar-refractivity contribution < 1.29 is 28.2 Å². The molecule has 4 rings (SSSR count). The molecule has 0 amide bonds. The van der Waals surface area contributed by atoms with E-state index in [-0.39, 0.29) is 22.8 Å². The van der Waals surface area contributed by atoms with Crippen LogP contribution in [0.3, 0.4) is 0 Å². The summed E-state index contributed by atoms with van der Waals surface area (Å²) in [5.74, 6) is -2.13. The number of fused-ring (bicyclic) bond motifs is 1. The van der Waals surface area contributed by atoms with Crippen LogP contribution >= 0.6 is 0 Å². The van der Waals surface area contributed by atoms with Crippen molar-refractivity contribution in [3.63, 3.8) is 0 Å². The summed E-state index contributed by atoms with van der Waals surface area (Å²) < 4.78 is 21.7. The highest BCUT2D eigenvalue weighted by Crippen LogP contribution is 2.33. The Labute approximate surface area is 208 Å². The second-order valence-electron chi connectivity index (χ2n) is 8.79. The Hall–Kier alpha value is -4.20. The van der Waals surface area contributed by atoms with Gasteiger partial charge < -0.3 is 18.6 Å². The summed E-state index contributed by atoms with van der Waals surface area (Å²) >= 11 is 0. The summed E-state index contributed by atoms with van der Waals surface area (Å²) in [5, 5.41) is 0. The summed E-state index contributed by atoms with van der Waals surface area (Å²) in [6.07, 6.45) is 2.65. The number of nitrogens with zero attached hydrogens (tertiary/aromatic N) is 1. The second kappa shape index (κ2) is 10.2. The molecule has 8 nitrogen and oxygen atoms in total. The molecule has 0 fully saturated rings. The minimum absolute atomic E-state index is 0.0724. The Kier molecular flexibility index (Phi) is 7.05. The van der Waals surface area contributed by atoms with Crippen LogP contribution in [0.5, 0.6) is 11.5 Å². The number of aromatic nitrogens is 1. The third-order valence-corrected chi connectivity index (χ3v) is 6.10. The van der Waals surface area contributed by atoms with Crippen LogP contribution in [0.2, 0.25) is 0 Å². The van der Waals surface area contributed by atoms with Gasteiger partial charge in [-0.2, -0.15) is 0 Å². The van der Waals surface area contributed by atoms with E-state index in [1.165, 1.54) is 26.4 Å². The molecule has 0 bridgehead atoms. The van der Waals surface area contributed by atoms with Crippen LogP contribution in [0, 0.1) is 5.92 Å². The largest absolute Gasteiger partial charge is 0.493 e. The number of Topliss-reactive ketones (excluding diaryl/α,β-unsaturated/α-hetero) is 1. The predicted octanol–water partition coefficient (Wildman–Crippen LogP) is 4.98. The van der Waals surface area contributed by atoms with Gasteiger partial charge in [0.15, 0.2) is 28.8 Å². The minimum Gasteiger partial charge on any atom is -0.493 e. The first-order valence-electron chi connectivity index (χ1n) is 11.5. The van der Waals surface area contributed by atoms with Crippen molar-refractivity contribution >= 4 is 22.9 Å². The van der Waals surface area contributed by atoms with Crippen molar-refractivity contribution in [2.24, 2.45) is 5.92 Å². The quantitative estimate of drug-likeness (QED) is 0.260. The molecule has 0 N–H and O–H groups in total. The van der Waals surface area contributed by atoms with Gasteiger partial charge in [0.2, 0.25) is 0 Å². The SMILES string of the molecule is COc1ccc(C(=O)C(C(=O)OC2=C(C)C=C(C)CC2C)c2nc3ccccc3oc2=O)cc1OC. The number of allylic oxidation sites excluding steroid dienone is 4. The monoisotopic (exact) mass is 489 g/mol. The predicted molar refractivity (Wildman–Crippen MR) is 133 cm³/mol. The molecular formula is C28H27NO7. The van der Waals surface area contributed by atoms with Crippen molar-refractivity contribution in [3.8, 4) is 11.5 Å². The summed E-state index contributed by atoms with van der Waals surface area (Å²) in [7, 11) is 2.91. The van der Waals surface area contributed by atoms with Crippen molar-refractivity contribution in [2.75, 3.05) is 14.2 Å². The van der Waals surface area contributed by atoms with Gasteiger partial charge >= 0.3 is 11.6 Å². The molecular weight excluding hydrogens is 462 g/mol. The number of hydrogen-bond donors (Lipinski definition) is 0. The van der Waals surface area contributed by atoms with E-state index in [9.17, 15) is 14.4 Å². The zero-order valence-electron chi connectivity index (χ0n) is 20.8. The molecule has 1 heterocycles. The fourth-order valence-electron chi connectivity index (χ4n) is 4.46. The first-order chi connectivity index (χ1) is 17.2. The van der Waals surface area contributed by atoms with Gasteiger partial charge in [-0.3, -0.25) is 9.59 Å². The number of carbonyl (C=O) groups is 2. The van der Waals surface area contributed by atoms with Gasteiger partial charge in [0.25, 0.3) is 0 Å². The van der Waals surface area contributed by atoms with Crippen molar-refractivity contribution in [2.45, 2.75) is 33.1 Å². The third-order valence-electron chi connectivity index (χ3n) is 6.10. The lowest BCUT2D eigenvalue weighted by molar-refractivity contribution is -0.141. The third kappa shape index (κ3) is 4.79. The molecule has 186 valence electrons. The first kappa shape index (κ1) is 24.9. The van der Waals surface area contributed by atoms with Crippen LogP contribution in [0.1, 0.15) is 49.2 Å². The average Bonchev–Trinajstić information content (AvgIpc) is 2.86. The zero-order chi connectivity index (χ0) is 26.0. The van der Waals surface area contributed by atoms with E-state index < -0.39 is 23.3 Å². The molecule has 0 saturated carbocycles. The molecule has 3 aromatic rings. The maximum absolute atomic E-state index is 13.8. The van der Waals surface area contributed by atoms with Crippen LogP contribution in [0.25, 0.3) is 11.1 Å². The van der Waals surface area contributed by atoms with Crippen molar-refractivity contribution in [3.05, 3.63) is 87.1 Å². The second-order valence-corrected chi connectivity index (χ2v) is 8.79. The number of benzene rings is 2. The van der Waals surface area contributed by atoms with E-state index in [0.29, 0.717) is 29.2 Å². The Morgan fingerprint density at radius 1 is 1.06 bits per heavy atom. The van der Waals surface area contributed by atoms with Crippen LogP contribution in [-0.4, -0.2) is 31.0 Å². The number of ether oxygens (including phenoxy) is 3. The minimum atomic E-state index is -1.65. The Morgan fingerprint density at radius 3 is 2.47 bits per heavy atom. The van der Waals surface area contributed by atoms with Crippen LogP contribution in [0.4, 0.5) is 0 Å². The van der Waals surface area contributed by atoms with Crippen molar-refractivity contribution in [1.29, 1.82) is 0 Å². The van der Waals surface area contributed by atoms with E-state index in [1.54, 1.807) is 30.3 Å². The fourth-order valence-corrected chi connectivity index (χ4v) is 4.46. The van der Waals surface area contributed by atoms with Gasteiger partial charge in [0.1, 0.15) is 17.0 Å². The van der Waals surface area contributed by atoms with Gasteiger partial charge in [-0.1, -0.05) is 30.7 Å². The number of esters is 1. The molecule has 0 radical (unpaired) electrons. The number of para-hydroxylation sites is 2. The molecule has 1 aliphatic carbocycles. The number of carbonyl (C=O) groups excluding carboxylic acids is 2. The molecule has 2 atom stereocenters.